The number of thiocarbonyl (C=S) groups is 1. The van der Waals surface area contributed by atoms with Crippen LogP contribution in [0.3, 0.4) is 0 Å². The Morgan fingerprint density at radius 3 is 2.39 bits per heavy atom. The third kappa shape index (κ3) is 4.37. The van der Waals surface area contributed by atoms with Crippen LogP contribution in [0.5, 0.6) is 0 Å². The van der Waals surface area contributed by atoms with Crippen LogP contribution in [0.4, 0.5) is 0 Å². The summed E-state index contributed by atoms with van der Waals surface area (Å²) in [6.07, 6.45) is 11.2. The number of carbonyl (C=O) groups is 2. The van der Waals surface area contributed by atoms with E-state index in [1.54, 1.807) is 0 Å². The molecule has 1 N–H and O–H groups in total. The molecule has 31 heavy (non-hydrogen) atoms. The molecule has 4 aliphatic carbocycles. The number of allylic oxidation sites excluding steroid dienone is 2. The van der Waals surface area contributed by atoms with Gasteiger partial charge in [-0.2, -0.15) is 0 Å². The molecule has 0 radical (unpaired) electrons. The topological polar surface area (TPSA) is 49.4 Å². The summed E-state index contributed by atoms with van der Waals surface area (Å²) >= 11 is 6.72. The highest BCUT2D eigenvalue weighted by atomic mass is 32.2. The summed E-state index contributed by atoms with van der Waals surface area (Å²) in [6.45, 7) is 1.99. The molecule has 4 saturated carbocycles. The van der Waals surface area contributed by atoms with Crippen LogP contribution in [-0.4, -0.2) is 33.1 Å². The summed E-state index contributed by atoms with van der Waals surface area (Å²) in [7, 11) is 0. The predicted octanol–water partition coefficient (Wildman–Crippen LogP) is 4.92. The van der Waals surface area contributed by atoms with Gasteiger partial charge in [-0.05, 0) is 80.4 Å². The number of rotatable bonds is 5. The number of nitrogens with zero attached hydrogens (tertiary/aromatic N) is 1. The summed E-state index contributed by atoms with van der Waals surface area (Å²) in [4.78, 5) is 27.9. The van der Waals surface area contributed by atoms with E-state index in [-0.39, 0.29) is 23.9 Å². The molecule has 0 unspecified atom stereocenters. The SMILES string of the molecule is CC(/C=C1\SC(=S)N(CC(=O)NC23CC4CC(CC(C4)C2)C3)C1=O)=C\c1ccccc1. The Labute approximate surface area is 193 Å². The van der Waals surface area contributed by atoms with E-state index in [4.69, 9.17) is 12.2 Å². The van der Waals surface area contributed by atoms with Gasteiger partial charge in [-0.15, -0.1) is 0 Å². The molecular weight excluding hydrogens is 424 g/mol. The molecule has 1 aliphatic heterocycles. The number of nitrogens with one attached hydrogen (secondary N) is 1. The van der Waals surface area contributed by atoms with Crippen LogP contribution in [0, 0.1) is 17.8 Å². The first-order valence-electron chi connectivity index (χ1n) is 11.2. The number of benzene rings is 1. The Bertz CT molecular complexity index is 947. The van der Waals surface area contributed by atoms with Crippen molar-refractivity contribution in [1.29, 1.82) is 0 Å². The highest BCUT2D eigenvalue weighted by Crippen LogP contribution is 2.55. The molecular formula is C25H28N2O2S2. The maximum Gasteiger partial charge on any atom is 0.266 e. The van der Waals surface area contributed by atoms with Gasteiger partial charge in [0.25, 0.3) is 5.91 Å². The number of hydrogen-bond acceptors (Lipinski definition) is 4. The minimum absolute atomic E-state index is 0.0191. The predicted molar refractivity (Wildman–Crippen MR) is 129 cm³/mol. The Morgan fingerprint density at radius 1 is 1.16 bits per heavy atom. The van der Waals surface area contributed by atoms with E-state index < -0.39 is 0 Å². The Balaban J connectivity index is 1.24. The molecule has 0 aromatic heterocycles. The lowest BCUT2D eigenvalue weighted by molar-refractivity contribution is -0.132. The first-order valence-corrected chi connectivity index (χ1v) is 12.4. The van der Waals surface area contributed by atoms with Crippen LogP contribution in [0.1, 0.15) is 51.0 Å². The Hall–Kier alpha value is -1.92. The lowest BCUT2D eigenvalue weighted by Crippen LogP contribution is -2.61. The second kappa shape index (κ2) is 8.21. The van der Waals surface area contributed by atoms with Gasteiger partial charge in [-0.3, -0.25) is 14.5 Å². The van der Waals surface area contributed by atoms with E-state index in [1.165, 1.54) is 35.9 Å². The van der Waals surface area contributed by atoms with Gasteiger partial charge in [0.05, 0.1) is 4.91 Å². The molecule has 1 aromatic carbocycles. The Kier molecular flexibility index (Phi) is 5.55. The van der Waals surface area contributed by atoms with E-state index in [1.807, 2.05) is 49.4 Å². The van der Waals surface area contributed by atoms with Gasteiger partial charge in [-0.25, -0.2) is 0 Å². The zero-order valence-electron chi connectivity index (χ0n) is 17.8. The zero-order valence-corrected chi connectivity index (χ0v) is 19.4. The van der Waals surface area contributed by atoms with E-state index in [0.29, 0.717) is 9.23 Å². The van der Waals surface area contributed by atoms with Crippen LogP contribution < -0.4 is 5.32 Å². The van der Waals surface area contributed by atoms with E-state index in [2.05, 4.69) is 5.32 Å². The smallest absolute Gasteiger partial charge is 0.266 e. The van der Waals surface area contributed by atoms with Crippen LogP contribution in [0.2, 0.25) is 0 Å². The molecule has 1 saturated heterocycles. The van der Waals surface area contributed by atoms with Crippen molar-refractivity contribution in [3.8, 4) is 0 Å². The second-order valence-electron chi connectivity index (χ2n) is 9.81. The standard InChI is InChI=1S/C25H28N2O2S2/c1-16(7-17-5-3-2-4-6-17)8-21-23(29)27(24(30)31-21)15-22(28)26-25-12-18-9-19(13-25)11-20(10-18)14-25/h2-8,18-20H,9-15H2,1H3,(H,26,28)/b16-7+,21-8-. The lowest BCUT2D eigenvalue weighted by atomic mass is 9.53. The van der Waals surface area contributed by atoms with Crippen molar-refractivity contribution in [2.45, 2.75) is 51.0 Å². The molecule has 1 heterocycles. The fourth-order valence-corrected chi connectivity index (χ4v) is 7.74. The first-order chi connectivity index (χ1) is 14.9. The summed E-state index contributed by atoms with van der Waals surface area (Å²) in [6, 6.07) is 10.0. The van der Waals surface area contributed by atoms with Crippen molar-refractivity contribution in [2.24, 2.45) is 17.8 Å². The van der Waals surface area contributed by atoms with Crippen LogP contribution in [0.15, 0.2) is 46.9 Å². The quantitative estimate of drug-likeness (QED) is 0.509. The lowest BCUT2D eigenvalue weighted by Gasteiger charge is -2.57. The van der Waals surface area contributed by atoms with Crippen molar-refractivity contribution >= 4 is 46.2 Å². The molecule has 4 nitrogen and oxygen atoms in total. The molecule has 5 aliphatic rings. The van der Waals surface area contributed by atoms with Crippen LogP contribution >= 0.6 is 24.0 Å². The van der Waals surface area contributed by atoms with Crippen molar-refractivity contribution in [3.05, 3.63) is 52.4 Å². The van der Waals surface area contributed by atoms with Gasteiger partial charge in [-0.1, -0.05) is 60.4 Å². The fourth-order valence-electron chi connectivity index (χ4n) is 6.44. The molecule has 4 bridgehead atoms. The summed E-state index contributed by atoms with van der Waals surface area (Å²) in [5, 5.41) is 3.35. The monoisotopic (exact) mass is 452 g/mol. The third-order valence-electron chi connectivity index (χ3n) is 7.17. The maximum atomic E-state index is 12.9. The molecule has 2 amide bonds. The highest BCUT2D eigenvalue weighted by molar-refractivity contribution is 8.26. The average Bonchev–Trinajstić information content (AvgIpc) is 2.94. The van der Waals surface area contributed by atoms with Crippen molar-refractivity contribution < 1.29 is 9.59 Å². The number of thioether (sulfide) groups is 1. The molecule has 6 rings (SSSR count). The van der Waals surface area contributed by atoms with Gasteiger partial charge in [0.15, 0.2) is 0 Å². The molecule has 5 fully saturated rings. The average molecular weight is 453 g/mol. The van der Waals surface area contributed by atoms with Gasteiger partial charge in [0, 0.05) is 5.54 Å². The highest BCUT2D eigenvalue weighted by Gasteiger charge is 2.51. The van der Waals surface area contributed by atoms with Gasteiger partial charge < -0.3 is 5.32 Å². The van der Waals surface area contributed by atoms with E-state index in [0.717, 1.165) is 48.2 Å². The van der Waals surface area contributed by atoms with Crippen LogP contribution in [0.25, 0.3) is 6.08 Å². The van der Waals surface area contributed by atoms with Crippen molar-refractivity contribution in [2.75, 3.05) is 6.54 Å². The minimum atomic E-state index is -0.170. The summed E-state index contributed by atoms with van der Waals surface area (Å²) in [5.41, 5.74) is 2.02. The fraction of sp³-hybridized carbons (Fsp3) is 0.480. The summed E-state index contributed by atoms with van der Waals surface area (Å²) < 4.78 is 0.462. The largest absolute Gasteiger partial charge is 0.349 e. The van der Waals surface area contributed by atoms with Gasteiger partial charge in [0.2, 0.25) is 5.91 Å². The number of amides is 2. The Morgan fingerprint density at radius 2 is 1.77 bits per heavy atom. The minimum Gasteiger partial charge on any atom is -0.349 e. The van der Waals surface area contributed by atoms with Gasteiger partial charge >= 0.3 is 0 Å². The van der Waals surface area contributed by atoms with E-state index >= 15 is 0 Å². The van der Waals surface area contributed by atoms with Crippen molar-refractivity contribution in [1.82, 2.24) is 10.2 Å². The number of carbonyl (C=O) groups excluding carboxylic acids is 2. The first kappa shape index (κ1) is 21.0. The van der Waals surface area contributed by atoms with Gasteiger partial charge in [0.1, 0.15) is 10.9 Å². The zero-order chi connectivity index (χ0) is 21.6. The molecule has 6 heteroatoms. The normalized spacial score (nSPS) is 33.5. The molecule has 1 aromatic rings. The van der Waals surface area contributed by atoms with Crippen LogP contribution in [-0.2, 0) is 9.59 Å². The number of hydrogen-bond donors (Lipinski definition) is 1. The maximum absolute atomic E-state index is 12.9. The summed E-state index contributed by atoms with van der Waals surface area (Å²) in [5.74, 6) is 2.06. The third-order valence-corrected chi connectivity index (χ3v) is 8.55. The molecule has 162 valence electrons. The van der Waals surface area contributed by atoms with E-state index in [9.17, 15) is 9.59 Å². The molecule has 0 atom stereocenters. The second-order valence-corrected chi connectivity index (χ2v) is 11.5. The van der Waals surface area contributed by atoms with Crippen molar-refractivity contribution in [3.63, 3.8) is 0 Å². The molecule has 0 spiro atoms.